The van der Waals surface area contributed by atoms with Crippen LogP contribution in [-0.4, -0.2) is 51.4 Å². The second-order valence-electron chi connectivity index (χ2n) is 5.42. The lowest BCUT2D eigenvalue weighted by atomic mass is 10.0. The molecule has 0 aliphatic carbocycles. The van der Waals surface area contributed by atoms with Crippen molar-refractivity contribution in [2.45, 2.75) is 19.5 Å². The molecule has 0 amide bonds. The van der Waals surface area contributed by atoms with Gasteiger partial charge in [-0.05, 0) is 24.6 Å². The summed E-state index contributed by atoms with van der Waals surface area (Å²) in [6.07, 6.45) is 0. The van der Waals surface area contributed by atoms with Crippen molar-refractivity contribution >= 4 is 0 Å². The van der Waals surface area contributed by atoms with Crippen molar-refractivity contribution in [2.24, 2.45) is 5.73 Å². The van der Waals surface area contributed by atoms with Crippen LogP contribution in [0.4, 0.5) is 0 Å². The predicted molar refractivity (Wildman–Crippen MR) is 84.6 cm³/mol. The van der Waals surface area contributed by atoms with Crippen molar-refractivity contribution in [3.8, 4) is 5.75 Å². The van der Waals surface area contributed by atoms with E-state index in [1.165, 1.54) is 11.1 Å². The quantitative estimate of drug-likeness (QED) is 0.789. The molecule has 1 aromatic carbocycles. The Morgan fingerprint density at radius 1 is 1.38 bits per heavy atom. The molecule has 5 nitrogen and oxygen atoms in total. The molecule has 3 N–H and O–H groups in total. The van der Waals surface area contributed by atoms with E-state index in [0.29, 0.717) is 12.6 Å². The Kier molecular flexibility index (Phi) is 6.45. The molecule has 1 aromatic rings. The maximum atomic E-state index is 5.55. The first-order chi connectivity index (χ1) is 10.2. The van der Waals surface area contributed by atoms with E-state index in [2.05, 4.69) is 35.3 Å². The van der Waals surface area contributed by atoms with Crippen molar-refractivity contribution in [1.29, 1.82) is 0 Å². The lowest BCUT2D eigenvalue weighted by molar-refractivity contribution is 0.0338. The minimum Gasteiger partial charge on any atom is -0.496 e. The van der Waals surface area contributed by atoms with E-state index in [1.807, 2.05) is 0 Å². The van der Waals surface area contributed by atoms with Crippen LogP contribution in [0.3, 0.4) is 0 Å². The second kappa shape index (κ2) is 8.34. The third kappa shape index (κ3) is 4.68. The fraction of sp³-hybridized carbons (Fsp3) is 0.625. The zero-order valence-corrected chi connectivity index (χ0v) is 13.1. The van der Waals surface area contributed by atoms with Crippen molar-refractivity contribution in [2.75, 3.05) is 46.5 Å². The second-order valence-corrected chi connectivity index (χ2v) is 5.42. The molecule has 0 spiro atoms. The van der Waals surface area contributed by atoms with Gasteiger partial charge in [0.15, 0.2) is 0 Å². The maximum Gasteiger partial charge on any atom is 0.123 e. The van der Waals surface area contributed by atoms with Gasteiger partial charge in [-0.25, -0.2) is 0 Å². The third-order valence-corrected chi connectivity index (χ3v) is 3.90. The molecule has 1 atom stereocenters. The Hall–Kier alpha value is -1.14. The number of nitrogens with two attached hydrogens (primary N) is 1. The van der Waals surface area contributed by atoms with Gasteiger partial charge in [-0.3, -0.25) is 4.90 Å². The van der Waals surface area contributed by atoms with Gasteiger partial charge in [-0.2, -0.15) is 0 Å². The van der Waals surface area contributed by atoms with Crippen LogP contribution in [0.25, 0.3) is 0 Å². The standard InChI is InChI=1S/C16H27N3O2/c1-13(18-6-5-17)14-3-4-16(20-2)15(11-14)12-19-7-9-21-10-8-19/h3-4,11,13,18H,5-10,12,17H2,1-2H3. The predicted octanol–water partition coefficient (Wildman–Crippen LogP) is 1.14. The van der Waals surface area contributed by atoms with E-state index in [4.69, 9.17) is 15.2 Å². The van der Waals surface area contributed by atoms with E-state index >= 15 is 0 Å². The Morgan fingerprint density at radius 2 is 2.14 bits per heavy atom. The molecule has 1 fully saturated rings. The molecule has 0 bridgehead atoms. The number of benzene rings is 1. The summed E-state index contributed by atoms with van der Waals surface area (Å²) in [7, 11) is 1.73. The number of hydrogen-bond donors (Lipinski definition) is 2. The summed E-state index contributed by atoms with van der Waals surface area (Å²) in [6.45, 7) is 8.14. The molecule has 0 saturated carbocycles. The summed E-state index contributed by atoms with van der Waals surface area (Å²) < 4.78 is 10.9. The Bertz CT molecular complexity index is 434. The summed E-state index contributed by atoms with van der Waals surface area (Å²) in [5.74, 6) is 0.955. The number of rotatable bonds is 7. The lowest BCUT2D eigenvalue weighted by Crippen LogP contribution is -2.35. The third-order valence-electron chi connectivity index (χ3n) is 3.90. The highest BCUT2D eigenvalue weighted by atomic mass is 16.5. The first kappa shape index (κ1) is 16.2. The van der Waals surface area contributed by atoms with E-state index in [-0.39, 0.29) is 0 Å². The van der Waals surface area contributed by atoms with Gasteiger partial charge in [0, 0.05) is 44.3 Å². The summed E-state index contributed by atoms with van der Waals surface area (Å²) in [4.78, 5) is 2.41. The molecule has 1 aliphatic rings. The van der Waals surface area contributed by atoms with Crippen LogP contribution in [0.15, 0.2) is 18.2 Å². The van der Waals surface area contributed by atoms with Crippen LogP contribution >= 0.6 is 0 Å². The Balaban J connectivity index is 2.09. The van der Waals surface area contributed by atoms with E-state index in [0.717, 1.165) is 45.1 Å². The highest BCUT2D eigenvalue weighted by molar-refractivity contribution is 5.38. The van der Waals surface area contributed by atoms with Gasteiger partial charge >= 0.3 is 0 Å². The molecule has 1 aliphatic heterocycles. The lowest BCUT2D eigenvalue weighted by Gasteiger charge is -2.27. The monoisotopic (exact) mass is 293 g/mol. The van der Waals surface area contributed by atoms with Crippen molar-refractivity contribution in [3.63, 3.8) is 0 Å². The molecule has 1 unspecified atom stereocenters. The van der Waals surface area contributed by atoms with Gasteiger partial charge in [-0.15, -0.1) is 0 Å². The number of morpholine rings is 1. The first-order valence-corrected chi connectivity index (χ1v) is 7.65. The fourth-order valence-corrected chi connectivity index (χ4v) is 2.61. The van der Waals surface area contributed by atoms with Crippen molar-refractivity contribution < 1.29 is 9.47 Å². The number of methoxy groups -OCH3 is 1. The average molecular weight is 293 g/mol. The minimum absolute atomic E-state index is 0.294. The highest BCUT2D eigenvalue weighted by Gasteiger charge is 2.15. The van der Waals surface area contributed by atoms with Crippen molar-refractivity contribution in [3.05, 3.63) is 29.3 Å². The molecule has 118 valence electrons. The smallest absolute Gasteiger partial charge is 0.123 e. The maximum absolute atomic E-state index is 5.55. The number of nitrogens with zero attached hydrogens (tertiary/aromatic N) is 1. The molecule has 5 heteroatoms. The SMILES string of the molecule is COc1ccc(C(C)NCCN)cc1CN1CCOCC1. The minimum atomic E-state index is 0.294. The molecular formula is C16H27N3O2. The number of nitrogens with one attached hydrogen (secondary N) is 1. The van der Waals surface area contributed by atoms with Gasteiger partial charge in [0.25, 0.3) is 0 Å². The Morgan fingerprint density at radius 3 is 2.81 bits per heavy atom. The molecular weight excluding hydrogens is 266 g/mol. The molecule has 1 heterocycles. The highest BCUT2D eigenvalue weighted by Crippen LogP contribution is 2.25. The number of ether oxygens (including phenoxy) is 2. The van der Waals surface area contributed by atoms with E-state index in [9.17, 15) is 0 Å². The van der Waals surface area contributed by atoms with Crippen LogP contribution in [0.1, 0.15) is 24.1 Å². The normalized spacial score (nSPS) is 17.7. The van der Waals surface area contributed by atoms with E-state index in [1.54, 1.807) is 7.11 Å². The summed E-state index contributed by atoms with van der Waals surface area (Å²) in [6, 6.07) is 6.72. The largest absolute Gasteiger partial charge is 0.496 e. The van der Waals surface area contributed by atoms with Crippen molar-refractivity contribution in [1.82, 2.24) is 10.2 Å². The summed E-state index contributed by atoms with van der Waals surface area (Å²) >= 11 is 0. The van der Waals surface area contributed by atoms with Gasteiger partial charge < -0.3 is 20.5 Å². The summed E-state index contributed by atoms with van der Waals surface area (Å²) in [5, 5.41) is 3.42. The van der Waals surface area contributed by atoms with Crippen LogP contribution in [0, 0.1) is 0 Å². The first-order valence-electron chi connectivity index (χ1n) is 7.65. The van der Waals surface area contributed by atoms with Crippen LogP contribution in [0.5, 0.6) is 5.75 Å². The van der Waals surface area contributed by atoms with Gasteiger partial charge in [0.2, 0.25) is 0 Å². The molecule has 1 saturated heterocycles. The Labute approximate surface area is 127 Å². The van der Waals surface area contributed by atoms with Crippen LogP contribution < -0.4 is 15.8 Å². The fourth-order valence-electron chi connectivity index (χ4n) is 2.61. The number of hydrogen-bond acceptors (Lipinski definition) is 5. The van der Waals surface area contributed by atoms with E-state index < -0.39 is 0 Å². The topological polar surface area (TPSA) is 59.8 Å². The van der Waals surface area contributed by atoms with Crippen LogP contribution in [0.2, 0.25) is 0 Å². The van der Waals surface area contributed by atoms with Gasteiger partial charge in [-0.1, -0.05) is 6.07 Å². The zero-order valence-electron chi connectivity index (χ0n) is 13.1. The average Bonchev–Trinajstić information content (AvgIpc) is 2.53. The molecule has 2 rings (SSSR count). The molecule has 0 radical (unpaired) electrons. The molecule has 0 aromatic heterocycles. The molecule has 21 heavy (non-hydrogen) atoms. The summed E-state index contributed by atoms with van der Waals surface area (Å²) in [5.41, 5.74) is 8.06. The zero-order chi connectivity index (χ0) is 15.1. The van der Waals surface area contributed by atoms with Gasteiger partial charge in [0.05, 0.1) is 20.3 Å². The van der Waals surface area contributed by atoms with Crippen LogP contribution in [-0.2, 0) is 11.3 Å². The van der Waals surface area contributed by atoms with Gasteiger partial charge in [0.1, 0.15) is 5.75 Å².